The predicted molar refractivity (Wildman–Crippen MR) is 78.2 cm³/mol. The van der Waals surface area contributed by atoms with Gasteiger partial charge in [-0.25, -0.2) is 0 Å². The number of carbonyl (C=O) groups is 1. The Hall–Kier alpha value is -1.34. The van der Waals surface area contributed by atoms with E-state index < -0.39 is 0 Å². The van der Waals surface area contributed by atoms with Gasteiger partial charge in [0.2, 0.25) is 0 Å². The van der Waals surface area contributed by atoms with Gasteiger partial charge in [-0.3, -0.25) is 4.79 Å². The molecule has 0 N–H and O–H groups in total. The predicted octanol–water partition coefficient (Wildman–Crippen LogP) is 3.34. The van der Waals surface area contributed by atoms with E-state index in [0.717, 1.165) is 31.1 Å². The maximum absolute atomic E-state index is 12.6. The van der Waals surface area contributed by atoms with Crippen LogP contribution in [0.1, 0.15) is 41.6 Å². The van der Waals surface area contributed by atoms with Crippen molar-refractivity contribution in [2.24, 2.45) is 0 Å². The smallest absolute Gasteiger partial charge is 0.254 e. The van der Waals surface area contributed by atoms with E-state index in [1.54, 1.807) is 24.3 Å². The van der Waals surface area contributed by atoms with Gasteiger partial charge >= 0.3 is 0 Å². The summed E-state index contributed by atoms with van der Waals surface area (Å²) in [6, 6.07) is 9.45. The van der Waals surface area contributed by atoms with Crippen LogP contribution in [-0.4, -0.2) is 28.7 Å². The highest BCUT2D eigenvalue weighted by Gasteiger charge is 2.28. The standard InChI is InChI=1S/C15H17BrN2O/c16-8-3-9-18(14-6-2-7-14)15(19)13-5-1-4-12(10-13)11-17/h1,4-5,10,14H,2-3,6-9H2. The third kappa shape index (κ3) is 3.36. The summed E-state index contributed by atoms with van der Waals surface area (Å²) >= 11 is 3.41. The highest BCUT2D eigenvalue weighted by molar-refractivity contribution is 9.09. The van der Waals surface area contributed by atoms with Crippen molar-refractivity contribution in [3.8, 4) is 6.07 Å². The lowest BCUT2D eigenvalue weighted by Gasteiger charge is -2.37. The van der Waals surface area contributed by atoms with Gasteiger partial charge in [0, 0.05) is 23.5 Å². The normalized spacial score (nSPS) is 14.5. The van der Waals surface area contributed by atoms with Crippen LogP contribution in [0.25, 0.3) is 0 Å². The molecule has 1 aliphatic rings. The van der Waals surface area contributed by atoms with Gasteiger partial charge in [-0.15, -0.1) is 0 Å². The minimum atomic E-state index is 0.0581. The number of hydrogen-bond acceptors (Lipinski definition) is 2. The highest BCUT2D eigenvalue weighted by atomic mass is 79.9. The van der Waals surface area contributed by atoms with Crippen molar-refractivity contribution in [2.75, 3.05) is 11.9 Å². The van der Waals surface area contributed by atoms with Crippen LogP contribution in [0.15, 0.2) is 24.3 Å². The average molecular weight is 321 g/mol. The summed E-state index contributed by atoms with van der Waals surface area (Å²) < 4.78 is 0. The van der Waals surface area contributed by atoms with Crippen LogP contribution in [-0.2, 0) is 0 Å². The van der Waals surface area contributed by atoms with E-state index in [4.69, 9.17) is 5.26 Å². The lowest BCUT2D eigenvalue weighted by Crippen LogP contribution is -2.44. The van der Waals surface area contributed by atoms with Gasteiger partial charge in [0.05, 0.1) is 11.6 Å². The molecule has 1 aromatic carbocycles. The van der Waals surface area contributed by atoms with E-state index in [2.05, 4.69) is 22.0 Å². The van der Waals surface area contributed by atoms with Crippen LogP contribution >= 0.6 is 15.9 Å². The summed E-state index contributed by atoms with van der Waals surface area (Å²) in [6.07, 6.45) is 4.37. The van der Waals surface area contributed by atoms with Crippen LogP contribution < -0.4 is 0 Å². The number of benzene rings is 1. The van der Waals surface area contributed by atoms with Gasteiger partial charge in [0.25, 0.3) is 5.91 Å². The first-order valence-electron chi connectivity index (χ1n) is 6.63. The zero-order valence-electron chi connectivity index (χ0n) is 10.8. The Morgan fingerprint density at radius 1 is 1.47 bits per heavy atom. The van der Waals surface area contributed by atoms with Gasteiger partial charge in [0.1, 0.15) is 0 Å². The molecular formula is C15H17BrN2O. The molecule has 100 valence electrons. The Kier molecular flexibility index (Phi) is 4.98. The van der Waals surface area contributed by atoms with Gasteiger partial charge in [-0.2, -0.15) is 5.26 Å². The molecule has 0 aromatic heterocycles. The number of rotatable bonds is 5. The van der Waals surface area contributed by atoms with Crippen molar-refractivity contribution in [2.45, 2.75) is 31.7 Å². The Balaban J connectivity index is 2.15. The van der Waals surface area contributed by atoms with E-state index >= 15 is 0 Å². The van der Waals surface area contributed by atoms with Crippen molar-refractivity contribution < 1.29 is 4.79 Å². The molecular weight excluding hydrogens is 304 g/mol. The summed E-state index contributed by atoms with van der Waals surface area (Å²) in [5.41, 5.74) is 1.17. The molecule has 19 heavy (non-hydrogen) atoms. The van der Waals surface area contributed by atoms with Crippen molar-refractivity contribution in [3.05, 3.63) is 35.4 Å². The average Bonchev–Trinajstić information content (AvgIpc) is 2.40. The molecule has 1 aliphatic carbocycles. The molecule has 2 rings (SSSR count). The summed E-state index contributed by atoms with van der Waals surface area (Å²) in [5.74, 6) is 0.0581. The fourth-order valence-corrected chi connectivity index (χ4v) is 2.52. The van der Waals surface area contributed by atoms with Crippen molar-refractivity contribution in [1.82, 2.24) is 4.90 Å². The lowest BCUT2D eigenvalue weighted by atomic mass is 9.90. The summed E-state index contributed by atoms with van der Waals surface area (Å²) in [6.45, 7) is 0.783. The van der Waals surface area contributed by atoms with Crippen molar-refractivity contribution in [3.63, 3.8) is 0 Å². The number of nitriles is 1. The molecule has 1 saturated carbocycles. The monoisotopic (exact) mass is 320 g/mol. The van der Waals surface area contributed by atoms with Crippen molar-refractivity contribution >= 4 is 21.8 Å². The number of halogens is 1. The Morgan fingerprint density at radius 2 is 2.26 bits per heavy atom. The second-order valence-corrected chi connectivity index (χ2v) is 5.61. The third-order valence-corrected chi connectivity index (χ3v) is 4.11. The molecule has 0 bridgehead atoms. The number of nitrogens with zero attached hydrogens (tertiary/aromatic N) is 2. The number of alkyl halides is 1. The number of hydrogen-bond donors (Lipinski definition) is 0. The first-order valence-corrected chi connectivity index (χ1v) is 7.75. The molecule has 1 aromatic rings. The van der Waals surface area contributed by atoms with Crippen molar-refractivity contribution in [1.29, 1.82) is 5.26 Å². The van der Waals surface area contributed by atoms with Crippen LogP contribution in [0.2, 0.25) is 0 Å². The fourth-order valence-electron chi connectivity index (χ4n) is 2.27. The van der Waals surface area contributed by atoms with Gasteiger partial charge in [-0.05, 0) is 43.9 Å². The van der Waals surface area contributed by atoms with Crippen LogP contribution in [0.3, 0.4) is 0 Å². The fraction of sp³-hybridized carbons (Fsp3) is 0.467. The van der Waals surface area contributed by atoms with Crippen LogP contribution in [0.5, 0.6) is 0 Å². The quantitative estimate of drug-likeness (QED) is 0.781. The molecule has 0 heterocycles. The second kappa shape index (κ2) is 6.72. The van der Waals surface area contributed by atoms with Crippen LogP contribution in [0.4, 0.5) is 0 Å². The van der Waals surface area contributed by atoms with Gasteiger partial charge in [-0.1, -0.05) is 22.0 Å². The molecule has 0 aliphatic heterocycles. The van der Waals surface area contributed by atoms with Gasteiger partial charge in [0.15, 0.2) is 0 Å². The molecule has 0 radical (unpaired) electrons. The zero-order valence-corrected chi connectivity index (χ0v) is 12.4. The van der Waals surface area contributed by atoms with E-state index in [9.17, 15) is 4.79 Å². The third-order valence-electron chi connectivity index (χ3n) is 3.55. The number of amides is 1. The molecule has 1 fully saturated rings. The molecule has 1 amide bonds. The Morgan fingerprint density at radius 3 is 2.84 bits per heavy atom. The lowest BCUT2D eigenvalue weighted by molar-refractivity contribution is 0.0581. The molecule has 0 unspecified atom stereocenters. The van der Waals surface area contributed by atoms with E-state index in [1.807, 2.05) is 4.90 Å². The first kappa shape index (κ1) is 14.1. The zero-order chi connectivity index (χ0) is 13.7. The van der Waals surface area contributed by atoms with E-state index in [-0.39, 0.29) is 5.91 Å². The summed E-state index contributed by atoms with van der Waals surface area (Å²) in [5, 5.41) is 9.81. The molecule has 0 saturated heterocycles. The topological polar surface area (TPSA) is 44.1 Å². The van der Waals surface area contributed by atoms with E-state index in [1.165, 1.54) is 6.42 Å². The second-order valence-electron chi connectivity index (χ2n) is 4.82. The maximum Gasteiger partial charge on any atom is 0.254 e. The Labute approximate surface area is 122 Å². The highest BCUT2D eigenvalue weighted by Crippen LogP contribution is 2.26. The van der Waals surface area contributed by atoms with E-state index in [0.29, 0.717) is 17.2 Å². The van der Waals surface area contributed by atoms with Crippen LogP contribution in [0, 0.1) is 11.3 Å². The minimum absolute atomic E-state index is 0.0581. The maximum atomic E-state index is 12.6. The van der Waals surface area contributed by atoms with Gasteiger partial charge < -0.3 is 4.90 Å². The minimum Gasteiger partial charge on any atom is -0.336 e. The molecule has 3 nitrogen and oxygen atoms in total. The summed E-state index contributed by atoms with van der Waals surface area (Å²) in [4.78, 5) is 14.5. The largest absolute Gasteiger partial charge is 0.336 e. The Bertz CT molecular complexity index is 491. The molecule has 4 heteroatoms. The number of carbonyl (C=O) groups excluding carboxylic acids is 1. The molecule has 0 spiro atoms. The summed E-state index contributed by atoms with van der Waals surface area (Å²) in [7, 11) is 0. The first-order chi connectivity index (χ1) is 9.26. The molecule has 0 atom stereocenters. The SMILES string of the molecule is N#Cc1cccc(C(=O)N(CCCBr)C2CCC2)c1.